The van der Waals surface area contributed by atoms with Gasteiger partial charge in [-0.15, -0.1) is 0 Å². The summed E-state index contributed by atoms with van der Waals surface area (Å²) in [5, 5.41) is 3.49. The highest BCUT2D eigenvalue weighted by atomic mass is 35.5. The Balaban J connectivity index is 1.80. The van der Waals surface area contributed by atoms with Crippen molar-refractivity contribution in [3.8, 4) is 5.75 Å². The summed E-state index contributed by atoms with van der Waals surface area (Å²) in [4.78, 5) is 9.13. The molecule has 4 rings (SSSR count). The van der Waals surface area contributed by atoms with E-state index in [0.29, 0.717) is 27.5 Å². The Morgan fingerprint density at radius 2 is 1.50 bits per heavy atom. The van der Waals surface area contributed by atoms with Gasteiger partial charge < -0.3 is 10.1 Å². The van der Waals surface area contributed by atoms with Gasteiger partial charge in [0.1, 0.15) is 5.75 Å². The summed E-state index contributed by atoms with van der Waals surface area (Å²) >= 11 is 6.30. The minimum absolute atomic E-state index is 0.0523. The minimum atomic E-state index is -3.87. The van der Waals surface area contributed by atoms with Crippen molar-refractivity contribution in [1.82, 2.24) is 9.97 Å². The predicted molar refractivity (Wildman–Crippen MR) is 118 cm³/mol. The maximum atomic E-state index is 12.9. The summed E-state index contributed by atoms with van der Waals surface area (Å²) in [5.41, 5.74) is 1.65. The average molecular weight is 441 g/mol. The molecule has 0 radical (unpaired) electrons. The normalized spacial score (nSPS) is 11.3. The topological polar surface area (TPSA) is 93.2 Å². The third kappa shape index (κ3) is 4.14. The molecule has 1 aromatic heterocycles. The lowest BCUT2D eigenvalue weighted by Crippen LogP contribution is -2.16. The fourth-order valence-corrected chi connectivity index (χ4v) is 3.99. The average Bonchev–Trinajstić information content (AvgIpc) is 2.76. The second-order valence-corrected chi connectivity index (χ2v) is 8.39. The number of nitrogens with zero attached hydrogens (tertiary/aromatic N) is 2. The van der Waals surface area contributed by atoms with Gasteiger partial charge in [0.05, 0.1) is 33.7 Å². The minimum Gasteiger partial charge on any atom is -0.497 e. The van der Waals surface area contributed by atoms with Crippen LogP contribution in [0.4, 0.5) is 17.3 Å². The molecule has 0 aliphatic rings. The number of fused-ring (bicyclic) bond motifs is 1. The number of anilines is 3. The first-order chi connectivity index (χ1) is 14.5. The Morgan fingerprint density at radius 3 is 2.17 bits per heavy atom. The zero-order valence-corrected chi connectivity index (χ0v) is 17.4. The van der Waals surface area contributed by atoms with Gasteiger partial charge in [-0.1, -0.05) is 41.9 Å². The molecule has 0 saturated carbocycles. The largest absolute Gasteiger partial charge is 0.497 e. The van der Waals surface area contributed by atoms with Crippen molar-refractivity contribution in [2.45, 2.75) is 4.90 Å². The van der Waals surface area contributed by atoms with Crippen LogP contribution in [0, 0.1) is 0 Å². The van der Waals surface area contributed by atoms with E-state index in [0.717, 1.165) is 0 Å². The summed E-state index contributed by atoms with van der Waals surface area (Å²) in [6, 6.07) is 20.3. The second-order valence-electron chi connectivity index (χ2n) is 6.30. The lowest BCUT2D eigenvalue weighted by atomic mass is 10.3. The van der Waals surface area contributed by atoms with Crippen LogP contribution in [0.1, 0.15) is 0 Å². The molecule has 2 N–H and O–H groups in total. The van der Waals surface area contributed by atoms with Gasteiger partial charge in [0, 0.05) is 6.07 Å². The summed E-state index contributed by atoms with van der Waals surface area (Å²) < 4.78 is 33.5. The molecule has 4 aromatic rings. The molecule has 152 valence electrons. The Morgan fingerprint density at radius 1 is 0.867 bits per heavy atom. The van der Waals surface area contributed by atoms with Gasteiger partial charge in [0.15, 0.2) is 11.6 Å². The van der Waals surface area contributed by atoms with Crippen LogP contribution in [0.3, 0.4) is 0 Å². The quantitative estimate of drug-likeness (QED) is 0.445. The van der Waals surface area contributed by atoms with Crippen molar-refractivity contribution in [3.63, 3.8) is 0 Å². The van der Waals surface area contributed by atoms with Crippen molar-refractivity contribution in [2.24, 2.45) is 0 Å². The molecule has 0 bridgehead atoms. The van der Waals surface area contributed by atoms with E-state index >= 15 is 0 Å². The number of hydrogen-bond acceptors (Lipinski definition) is 6. The van der Waals surface area contributed by atoms with E-state index < -0.39 is 10.0 Å². The molecule has 0 aliphatic heterocycles. The summed E-state index contributed by atoms with van der Waals surface area (Å²) in [7, 11) is -2.33. The van der Waals surface area contributed by atoms with E-state index in [4.69, 9.17) is 16.3 Å². The van der Waals surface area contributed by atoms with Gasteiger partial charge in [-0.25, -0.2) is 18.4 Å². The fourth-order valence-electron chi connectivity index (χ4n) is 2.80. The van der Waals surface area contributed by atoms with E-state index in [2.05, 4.69) is 20.0 Å². The number of nitrogens with one attached hydrogen (secondary N) is 2. The molecule has 0 atom stereocenters. The molecule has 7 nitrogen and oxygen atoms in total. The van der Waals surface area contributed by atoms with Crippen LogP contribution < -0.4 is 14.8 Å². The maximum Gasteiger partial charge on any atom is 0.263 e. The molecular weight excluding hydrogens is 424 g/mol. The Kier molecular flexibility index (Phi) is 5.43. The van der Waals surface area contributed by atoms with Gasteiger partial charge in [0.2, 0.25) is 0 Å². The van der Waals surface area contributed by atoms with Crippen molar-refractivity contribution in [3.05, 3.63) is 77.8 Å². The smallest absolute Gasteiger partial charge is 0.263 e. The number of para-hydroxylation sites is 2. The van der Waals surface area contributed by atoms with Crippen LogP contribution in [0.5, 0.6) is 5.75 Å². The Bertz CT molecular complexity index is 1310. The number of hydrogen-bond donors (Lipinski definition) is 2. The highest BCUT2D eigenvalue weighted by Crippen LogP contribution is 2.32. The molecule has 0 unspecified atom stereocenters. The molecule has 0 saturated heterocycles. The molecule has 0 aliphatic carbocycles. The first-order valence-corrected chi connectivity index (χ1v) is 10.8. The third-order valence-corrected chi connectivity index (χ3v) is 5.97. The summed E-state index contributed by atoms with van der Waals surface area (Å²) in [6.45, 7) is 0. The number of benzene rings is 3. The number of methoxy groups -OCH3 is 1. The van der Waals surface area contributed by atoms with Crippen LogP contribution in [-0.4, -0.2) is 25.5 Å². The predicted octanol–water partition coefficient (Wildman–Crippen LogP) is 4.84. The Labute approximate surface area is 178 Å². The molecule has 0 spiro atoms. The van der Waals surface area contributed by atoms with Crippen molar-refractivity contribution < 1.29 is 13.2 Å². The highest BCUT2D eigenvalue weighted by molar-refractivity contribution is 7.92. The Hall–Kier alpha value is -3.36. The van der Waals surface area contributed by atoms with E-state index in [1.54, 1.807) is 61.7 Å². The molecular formula is C21H17ClN4O3S. The molecule has 0 amide bonds. The SMILES string of the molecule is COc1ccc(Cl)c(Nc2nc3ccccc3nc2NS(=O)(=O)c2ccccc2)c1. The summed E-state index contributed by atoms with van der Waals surface area (Å²) in [6.07, 6.45) is 0. The van der Waals surface area contributed by atoms with Crippen LogP contribution in [0.15, 0.2) is 77.7 Å². The van der Waals surface area contributed by atoms with E-state index in [-0.39, 0.29) is 16.5 Å². The number of sulfonamides is 1. The molecule has 0 fully saturated rings. The van der Waals surface area contributed by atoms with Crippen LogP contribution in [0.25, 0.3) is 11.0 Å². The first-order valence-electron chi connectivity index (χ1n) is 8.91. The molecule has 9 heteroatoms. The van der Waals surface area contributed by atoms with Gasteiger partial charge in [0.25, 0.3) is 10.0 Å². The lowest BCUT2D eigenvalue weighted by molar-refractivity contribution is 0.415. The van der Waals surface area contributed by atoms with Gasteiger partial charge in [-0.2, -0.15) is 0 Å². The number of rotatable bonds is 6. The van der Waals surface area contributed by atoms with E-state index in [1.807, 2.05) is 6.07 Å². The highest BCUT2D eigenvalue weighted by Gasteiger charge is 2.19. The van der Waals surface area contributed by atoms with Crippen LogP contribution in [0.2, 0.25) is 5.02 Å². The first kappa shape index (κ1) is 19.9. The molecule has 3 aromatic carbocycles. The van der Waals surface area contributed by atoms with Gasteiger partial charge in [-0.05, 0) is 36.4 Å². The maximum absolute atomic E-state index is 12.9. The lowest BCUT2D eigenvalue weighted by Gasteiger charge is -2.15. The zero-order chi connectivity index (χ0) is 21.1. The van der Waals surface area contributed by atoms with Crippen molar-refractivity contribution in [2.75, 3.05) is 17.1 Å². The molecule has 30 heavy (non-hydrogen) atoms. The number of ether oxygens (including phenoxy) is 1. The molecule has 1 heterocycles. The van der Waals surface area contributed by atoms with Gasteiger partial charge >= 0.3 is 0 Å². The van der Waals surface area contributed by atoms with Gasteiger partial charge in [-0.3, -0.25) is 4.72 Å². The zero-order valence-electron chi connectivity index (χ0n) is 15.8. The van der Waals surface area contributed by atoms with Crippen LogP contribution in [-0.2, 0) is 10.0 Å². The van der Waals surface area contributed by atoms with E-state index in [1.165, 1.54) is 12.1 Å². The number of halogens is 1. The van der Waals surface area contributed by atoms with Crippen molar-refractivity contribution in [1.29, 1.82) is 0 Å². The van der Waals surface area contributed by atoms with Crippen molar-refractivity contribution >= 4 is 50.0 Å². The second kappa shape index (κ2) is 8.17. The van der Waals surface area contributed by atoms with E-state index in [9.17, 15) is 8.42 Å². The van der Waals surface area contributed by atoms with Crippen LogP contribution >= 0.6 is 11.6 Å². The fraction of sp³-hybridized carbons (Fsp3) is 0.0476. The third-order valence-electron chi connectivity index (χ3n) is 4.28. The number of aromatic nitrogens is 2. The summed E-state index contributed by atoms with van der Waals surface area (Å²) in [5.74, 6) is 0.849. The monoisotopic (exact) mass is 440 g/mol. The standard InChI is InChI=1S/C21H17ClN4O3S/c1-29-14-11-12-16(22)19(13-14)25-20-21(24-18-10-6-5-9-17(18)23-20)26-30(27,28)15-7-3-2-4-8-15/h2-13H,1H3,(H,23,25)(H,24,26).